The number of nitrogens with zero attached hydrogens (tertiary/aromatic N) is 2. The number of halogens is 2. The van der Waals surface area contributed by atoms with Crippen LogP contribution in [0.4, 0.5) is 11.4 Å². The van der Waals surface area contributed by atoms with Gasteiger partial charge >= 0.3 is 49.1 Å². The summed E-state index contributed by atoms with van der Waals surface area (Å²) in [5, 5.41) is 0. The Hall–Kier alpha value is -0.961. The van der Waals surface area contributed by atoms with E-state index in [0.29, 0.717) is 23.7 Å². The molecule has 0 saturated heterocycles. The van der Waals surface area contributed by atoms with Gasteiger partial charge in [-0.1, -0.05) is 91.8 Å². The van der Waals surface area contributed by atoms with Crippen LogP contribution < -0.4 is 0 Å². The van der Waals surface area contributed by atoms with Crippen molar-refractivity contribution in [3.63, 3.8) is 0 Å². The van der Waals surface area contributed by atoms with Crippen molar-refractivity contribution in [3.05, 3.63) is 82.3 Å². The summed E-state index contributed by atoms with van der Waals surface area (Å²) in [7, 11) is 1.19. The molecule has 0 bridgehead atoms. The molecule has 196 valence electrons. The van der Waals surface area contributed by atoms with Crippen molar-refractivity contribution in [2.24, 2.45) is 9.98 Å². The molecule has 1 aromatic heterocycles. The Kier molecular flexibility index (Phi) is 13.4. The summed E-state index contributed by atoms with van der Waals surface area (Å²) < 4.78 is 6.03. The second-order valence-electron chi connectivity index (χ2n) is 10.00. The van der Waals surface area contributed by atoms with E-state index in [1.54, 1.807) is 0 Å². The predicted octanol–water partition coefficient (Wildman–Crippen LogP) is 11.0. The van der Waals surface area contributed by atoms with E-state index in [0.717, 1.165) is 22.9 Å². The van der Waals surface area contributed by atoms with Crippen LogP contribution in [0.25, 0.3) is 0 Å². The molecule has 3 nitrogen and oxygen atoms in total. The first-order chi connectivity index (χ1) is 17.1. The van der Waals surface area contributed by atoms with E-state index in [1.807, 2.05) is 24.6 Å². The molecule has 0 spiro atoms. The number of benzene rings is 2. The summed E-state index contributed by atoms with van der Waals surface area (Å²) in [6, 6.07) is 16.8. The Bertz CT molecular complexity index is 1020. The standard InChI is InChI=1S/C30H38N2O.Fe.2HI/c1-19(2)25-11-9-12-26(20(3)4)29(25)31-17-23-15-16-24(33-23)18-32-30-27(21(5)6)13-10-14-28(30)22(7)8;;;/h9-22H,1-8H3;;2*1H/q;+2;;/p-2. The number of furan rings is 1. The van der Waals surface area contributed by atoms with Crippen LogP contribution in [0.2, 0.25) is 0 Å². The van der Waals surface area contributed by atoms with Gasteiger partial charge in [-0.05, 0) is 58.1 Å². The van der Waals surface area contributed by atoms with Crippen molar-refractivity contribution in [3.8, 4) is 0 Å². The molecular formula is C30H38FeI2N2O. The summed E-state index contributed by atoms with van der Waals surface area (Å²) in [6.45, 7) is 17.7. The molecule has 0 fully saturated rings. The summed E-state index contributed by atoms with van der Waals surface area (Å²) in [6.07, 6.45) is 3.65. The van der Waals surface area contributed by atoms with E-state index in [9.17, 15) is 0 Å². The fourth-order valence-corrected chi connectivity index (χ4v) is 4.09. The molecule has 6 heteroatoms. The second-order valence-corrected chi connectivity index (χ2v) is 19.3. The number of hydrogen-bond donors (Lipinski definition) is 0. The van der Waals surface area contributed by atoms with Gasteiger partial charge in [0.15, 0.2) is 0 Å². The Morgan fingerprint density at radius 1 is 0.583 bits per heavy atom. The Morgan fingerprint density at radius 3 is 1.11 bits per heavy atom. The molecule has 0 aliphatic carbocycles. The number of aliphatic imine (C=N–C) groups is 2. The van der Waals surface area contributed by atoms with Gasteiger partial charge in [0.1, 0.15) is 11.5 Å². The summed E-state index contributed by atoms with van der Waals surface area (Å²) in [5.74, 6) is 3.09. The molecule has 36 heavy (non-hydrogen) atoms. The van der Waals surface area contributed by atoms with Crippen LogP contribution in [0.15, 0.2) is 62.9 Å². The van der Waals surface area contributed by atoms with E-state index in [1.165, 1.54) is 30.7 Å². The number of rotatable bonds is 8. The van der Waals surface area contributed by atoms with E-state index < -0.39 is 0 Å². The third-order valence-electron chi connectivity index (χ3n) is 5.97. The molecule has 0 unspecified atom stereocenters. The number of para-hydroxylation sites is 2. The van der Waals surface area contributed by atoms with Gasteiger partial charge in [0.05, 0.1) is 23.8 Å². The molecule has 0 aliphatic heterocycles. The molecule has 0 N–H and O–H groups in total. The van der Waals surface area contributed by atoms with E-state index in [4.69, 9.17) is 14.4 Å². The molecule has 0 aliphatic rings. The molecule has 0 radical (unpaired) electrons. The van der Waals surface area contributed by atoms with Gasteiger partial charge in [0, 0.05) is 0 Å². The van der Waals surface area contributed by atoms with Gasteiger partial charge in [-0.2, -0.15) is 0 Å². The van der Waals surface area contributed by atoms with Crippen molar-refractivity contribution in [2.45, 2.75) is 79.1 Å². The summed E-state index contributed by atoms with van der Waals surface area (Å²) in [4.78, 5) is 9.72. The first-order valence-electron chi connectivity index (χ1n) is 12.4. The zero-order chi connectivity index (χ0) is 26.8. The number of hydrogen-bond acceptors (Lipinski definition) is 3. The van der Waals surface area contributed by atoms with Crippen molar-refractivity contribution in [1.29, 1.82) is 0 Å². The summed E-state index contributed by atoms with van der Waals surface area (Å²) >= 11 is 4.55. The van der Waals surface area contributed by atoms with Crippen LogP contribution in [0, 0.1) is 0 Å². The van der Waals surface area contributed by atoms with Crippen molar-refractivity contribution >= 4 is 64.5 Å². The van der Waals surface area contributed by atoms with Gasteiger partial charge in [-0.15, -0.1) is 0 Å². The fraction of sp³-hybridized carbons (Fsp3) is 0.400. The molecule has 3 rings (SSSR count). The molecule has 0 amide bonds. The average molecular weight is 752 g/mol. The van der Waals surface area contributed by atoms with Crippen molar-refractivity contribution in [1.82, 2.24) is 0 Å². The van der Waals surface area contributed by atoms with E-state index >= 15 is 0 Å². The van der Waals surface area contributed by atoms with Gasteiger partial charge < -0.3 is 4.42 Å². The van der Waals surface area contributed by atoms with E-state index in [2.05, 4.69) is 132 Å². The van der Waals surface area contributed by atoms with Crippen LogP contribution in [-0.2, 0) is 8.46 Å². The van der Waals surface area contributed by atoms with E-state index in [-0.39, 0.29) is 0 Å². The maximum absolute atomic E-state index is 6.03. The van der Waals surface area contributed by atoms with Crippen LogP contribution in [0.5, 0.6) is 0 Å². The molecule has 1 heterocycles. The van der Waals surface area contributed by atoms with Gasteiger partial charge in [-0.3, -0.25) is 9.98 Å². The zero-order valence-electron chi connectivity index (χ0n) is 22.5. The normalized spacial score (nSPS) is 12.1. The quantitative estimate of drug-likeness (QED) is 0.128. The van der Waals surface area contributed by atoms with Crippen LogP contribution >= 0.6 is 40.7 Å². The molecule has 0 atom stereocenters. The van der Waals surface area contributed by atoms with Gasteiger partial charge in [-0.25, -0.2) is 0 Å². The predicted molar refractivity (Wildman–Crippen MR) is 170 cm³/mol. The molecule has 0 saturated carbocycles. The van der Waals surface area contributed by atoms with Crippen molar-refractivity contribution < 1.29 is 12.9 Å². The first-order valence-corrected chi connectivity index (χ1v) is 19.5. The summed E-state index contributed by atoms with van der Waals surface area (Å²) in [5.41, 5.74) is 7.16. The third kappa shape index (κ3) is 8.81. The Morgan fingerprint density at radius 2 is 0.861 bits per heavy atom. The minimum atomic E-state index is 0.409. The van der Waals surface area contributed by atoms with Crippen LogP contribution in [0.3, 0.4) is 0 Å². The Labute approximate surface area is 246 Å². The average Bonchev–Trinajstić information content (AvgIpc) is 3.28. The first kappa shape index (κ1) is 31.3. The molecule has 2 aromatic carbocycles. The fourth-order valence-electron chi connectivity index (χ4n) is 4.09. The van der Waals surface area contributed by atoms with Crippen LogP contribution in [-0.4, -0.2) is 12.4 Å². The van der Waals surface area contributed by atoms with Gasteiger partial charge in [0.25, 0.3) is 0 Å². The maximum atomic E-state index is 6.03. The minimum absolute atomic E-state index is 0.409. The topological polar surface area (TPSA) is 37.9 Å². The monoisotopic (exact) mass is 752 g/mol. The van der Waals surface area contributed by atoms with Crippen molar-refractivity contribution in [2.75, 3.05) is 0 Å². The van der Waals surface area contributed by atoms with Gasteiger partial charge in [0.2, 0.25) is 0 Å². The molecular weight excluding hydrogens is 714 g/mol. The third-order valence-corrected chi connectivity index (χ3v) is 5.97. The SMILES string of the molecule is CC(C)c1cccc(C(C)C)c1N=Cc1ccc(C=Nc2c(C(C)C)cccc2C(C)C)o1.[I][Fe][I]. The second kappa shape index (κ2) is 15.5. The van der Waals surface area contributed by atoms with Crippen LogP contribution in [0.1, 0.15) is 113 Å². The Balaban J connectivity index is 0.00000145. The zero-order valence-corrected chi connectivity index (χ0v) is 27.9. The molecule has 3 aromatic rings.